The maximum absolute atomic E-state index is 6.27. The molecule has 0 amide bonds. The van der Waals surface area contributed by atoms with E-state index in [0.717, 1.165) is 38.2 Å². The molecule has 0 radical (unpaired) electrons. The van der Waals surface area contributed by atoms with Gasteiger partial charge in [-0.3, -0.25) is 0 Å². The van der Waals surface area contributed by atoms with E-state index < -0.39 is 0 Å². The molecule has 23 heavy (non-hydrogen) atoms. The van der Waals surface area contributed by atoms with E-state index in [1.165, 1.54) is 29.7 Å². The van der Waals surface area contributed by atoms with Gasteiger partial charge in [-0.15, -0.1) is 21.5 Å². The predicted molar refractivity (Wildman–Crippen MR) is 97.3 cm³/mol. The lowest BCUT2D eigenvalue weighted by Crippen LogP contribution is -2.00. The Bertz CT molecular complexity index is 854. The van der Waals surface area contributed by atoms with Gasteiger partial charge >= 0.3 is 0 Å². The topological polar surface area (TPSA) is 77.6 Å². The predicted octanol–water partition coefficient (Wildman–Crippen LogP) is 3.99. The first-order chi connectivity index (χ1) is 11.2. The summed E-state index contributed by atoms with van der Waals surface area (Å²) >= 11 is 5.02. The molecule has 0 bridgehead atoms. The molecule has 4 rings (SSSR count). The number of nitrogens with two attached hydrogens (primary N) is 1. The summed E-state index contributed by atoms with van der Waals surface area (Å²) in [6.07, 6.45) is 6.09. The van der Waals surface area contributed by atoms with Crippen LogP contribution in [0.15, 0.2) is 4.34 Å². The van der Waals surface area contributed by atoms with Gasteiger partial charge in [-0.2, -0.15) is 0 Å². The maximum atomic E-state index is 6.27. The van der Waals surface area contributed by atoms with Crippen molar-refractivity contribution in [1.82, 2.24) is 20.2 Å². The number of hydrogen-bond donors (Lipinski definition) is 1. The molecule has 3 aromatic rings. The van der Waals surface area contributed by atoms with Gasteiger partial charge in [0.25, 0.3) is 0 Å². The molecule has 0 spiro atoms. The highest BCUT2D eigenvalue weighted by Gasteiger charge is 2.19. The average molecular weight is 364 g/mol. The number of fused-ring (bicyclic) bond motifs is 3. The van der Waals surface area contributed by atoms with Crippen LogP contribution < -0.4 is 5.73 Å². The second-order valence-electron chi connectivity index (χ2n) is 5.65. The maximum Gasteiger partial charge on any atom is 0.174 e. The van der Waals surface area contributed by atoms with E-state index in [0.29, 0.717) is 11.6 Å². The Kier molecular flexibility index (Phi) is 4.21. The number of nitrogens with zero attached hydrogens (tertiary/aromatic N) is 4. The van der Waals surface area contributed by atoms with E-state index in [4.69, 9.17) is 10.7 Å². The molecule has 0 aromatic carbocycles. The summed E-state index contributed by atoms with van der Waals surface area (Å²) in [6, 6.07) is 0. The van der Waals surface area contributed by atoms with Crippen LogP contribution in [-0.4, -0.2) is 20.2 Å². The Morgan fingerprint density at radius 1 is 1.09 bits per heavy atom. The molecule has 3 aromatic heterocycles. The smallest absolute Gasteiger partial charge is 0.174 e. The molecule has 0 atom stereocenters. The van der Waals surface area contributed by atoms with Crippen LogP contribution in [0.1, 0.15) is 40.5 Å². The second-order valence-corrected chi connectivity index (χ2v) is 9.13. The number of thioether (sulfide) groups is 1. The lowest BCUT2D eigenvalue weighted by Gasteiger charge is -2.03. The Labute approximate surface area is 146 Å². The largest absolute Gasteiger partial charge is 0.383 e. The van der Waals surface area contributed by atoms with Gasteiger partial charge in [0.05, 0.1) is 11.1 Å². The van der Waals surface area contributed by atoms with E-state index >= 15 is 0 Å². The highest BCUT2D eigenvalue weighted by atomic mass is 32.2. The van der Waals surface area contributed by atoms with Crippen LogP contribution in [0.3, 0.4) is 0 Å². The highest BCUT2D eigenvalue weighted by molar-refractivity contribution is 8.00. The summed E-state index contributed by atoms with van der Waals surface area (Å²) in [5, 5.41) is 10.2. The Morgan fingerprint density at radius 2 is 1.96 bits per heavy atom. The van der Waals surface area contributed by atoms with Crippen molar-refractivity contribution in [2.24, 2.45) is 0 Å². The Morgan fingerprint density at radius 3 is 2.78 bits per heavy atom. The molecule has 5 nitrogen and oxygen atoms in total. The molecular formula is C15H17N5S3. The molecule has 120 valence electrons. The van der Waals surface area contributed by atoms with Crippen LogP contribution in [-0.2, 0) is 18.6 Å². The van der Waals surface area contributed by atoms with Crippen molar-refractivity contribution in [2.75, 3.05) is 5.73 Å². The van der Waals surface area contributed by atoms with Gasteiger partial charge in [-0.05, 0) is 38.2 Å². The van der Waals surface area contributed by atoms with Crippen molar-refractivity contribution >= 4 is 50.5 Å². The van der Waals surface area contributed by atoms with Crippen molar-refractivity contribution < 1.29 is 0 Å². The zero-order valence-electron chi connectivity index (χ0n) is 12.8. The van der Waals surface area contributed by atoms with Crippen LogP contribution in [0, 0.1) is 6.92 Å². The normalized spacial score (nSPS) is 14.8. The van der Waals surface area contributed by atoms with Crippen LogP contribution in [0.25, 0.3) is 10.2 Å². The zero-order valence-corrected chi connectivity index (χ0v) is 15.3. The van der Waals surface area contributed by atoms with E-state index in [1.807, 2.05) is 6.92 Å². The van der Waals surface area contributed by atoms with Gasteiger partial charge in [0.2, 0.25) is 0 Å². The summed E-state index contributed by atoms with van der Waals surface area (Å²) in [5.41, 5.74) is 7.67. The third-order valence-corrected chi connectivity index (χ3v) is 7.12. The van der Waals surface area contributed by atoms with Crippen LogP contribution >= 0.6 is 34.4 Å². The first-order valence-electron chi connectivity index (χ1n) is 7.70. The third kappa shape index (κ3) is 3.07. The van der Waals surface area contributed by atoms with Crippen molar-refractivity contribution in [1.29, 1.82) is 0 Å². The molecule has 1 aliphatic rings. The quantitative estimate of drug-likeness (QED) is 0.560. The molecule has 0 saturated heterocycles. The van der Waals surface area contributed by atoms with E-state index in [-0.39, 0.29) is 0 Å². The minimum absolute atomic E-state index is 0.637. The number of aromatic nitrogens is 4. The fraction of sp³-hybridized carbons (Fsp3) is 0.467. The van der Waals surface area contributed by atoms with Gasteiger partial charge in [-0.1, -0.05) is 29.5 Å². The number of rotatable bonds is 3. The Balaban J connectivity index is 1.64. The molecule has 0 fully saturated rings. The minimum atomic E-state index is 0.637. The second kappa shape index (κ2) is 6.33. The number of aryl methyl sites for hydroxylation is 3. The molecule has 8 heteroatoms. The van der Waals surface area contributed by atoms with Crippen LogP contribution in [0.4, 0.5) is 5.82 Å². The van der Waals surface area contributed by atoms with E-state index in [9.17, 15) is 0 Å². The van der Waals surface area contributed by atoms with Gasteiger partial charge in [0.1, 0.15) is 21.5 Å². The Hall–Kier alpha value is -1.25. The van der Waals surface area contributed by atoms with Gasteiger partial charge in [0, 0.05) is 4.88 Å². The SMILES string of the molecule is Cc1nnc(SCc2nc(N)c3c4c(sc3n2)CCCCC4)s1. The molecule has 3 heterocycles. The summed E-state index contributed by atoms with van der Waals surface area (Å²) in [7, 11) is 0. The fourth-order valence-corrected chi connectivity index (χ4v) is 5.89. The summed E-state index contributed by atoms with van der Waals surface area (Å²) in [4.78, 5) is 11.8. The minimum Gasteiger partial charge on any atom is -0.383 e. The van der Waals surface area contributed by atoms with E-state index in [2.05, 4.69) is 15.2 Å². The van der Waals surface area contributed by atoms with Crippen LogP contribution in [0.2, 0.25) is 0 Å². The lowest BCUT2D eigenvalue weighted by molar-refractivity contribution is 0.713. The number of anilines is 1. The van der Waals surface area contributed by atoms with Gasteiger partial charge < -0.3 is 5.73 Å². The average Bonchev–Trinajstić information content (AvgIpc) is 3.02. The molecule has 2 N–H and O–H groups in total. The van der Waals surface area contributed by atoms with E-state index in [1.54, 1.807) is 34.4 Å². The van der Waals surface area contributed by atoms with Gasteiger partial charge in [-0.25, -0.2) is 9.97 Å². The highest BCUT2D eigenvalue weighted by Crippen LogP contribution is 2.37. The molecule has 0 saturated carbocycles. The summed E-state index contributed by atoms with van der Waals surface area (Å²) in [6.45, 7) is 1.96. The van der Waals surface area contributed by atoms with Crippen molar-refractivity contribution in [2.45, 2.75) is 49.1 Å². The monoisotopic (exact) mass is 363 g/mol. The summed E-state index contributed by atoms with van der Waals surface area (Å²) < 4.78 is 0.951. The first-order valence-corrected chi connectivity index (χ1v) is 10.3. The standard InChI is InChI=1S/C15H17N5S3/c1-8-19-20-15(22-8)21-7-11-17-13(16)12-9-5-3-2-4-6-10(9)23-14(12)18-11/h2-7H2,1H3,(H2,16,17,18). The molecular weight excluding hydrogens is 346 g/mol. The molecule has 1 aliphatic carbocycles. The zero-order chi connectivity index (χ0) is 15.8. The lowest BCUT2D eigenvalue weighted by atomic mass is 10.1. The van der Waals surface area contributed by atoms with Crippen molar-refractivity contribution in [3.05, 3.63) is 21.3 Å². The first kappa shape index (κ1) is 15.3. The van der Waals surface area contributed by atoms with Crippen LogP contribution in [0.5, 0.6) is 0 Å². The van der Waals surface area contributed by atoms with Crippen molar-refractivity contribution in [3.8, 4) is 0 Å². The van der Waals surface area contributed by atoms with Gasteiger partial charge in [0.15, 0.2) is 4.34 Å². The van der Waals surface area contributed by atoms with Crippen molar-refractivity contribution in [3.63, 3.8) is 0 Å². The number of nitrogen functional groups attached to an aromatic ring is 1. The molecule has 0 aliphatic heterocycles. The number of hydrogen-bond acceptors (Lipinski definition) is 8. The molecule has 0 unspecified atom stereocenters. The third-order valence-electron chi connectivity index (χ3n) is 3.97. The fourth-order valence-electron chi connectivity index (χ4n) is 2.94. The number of thiophene rings is 1. The summed E-state index contributed by atoms with van der Waals surface area (Å²) in [5.74, 6) is 2.10.